The lowest BCUT2D eigenvalue weighted by Crippen LogP contribution is -2.64. The normalized spacial score (nSPS) is 24.2. The molecule has 1 aromatic carbocycles. The molecule has 10 nitrogen and oxygen atoms in total. The summed E-state index contributed by atoms with van der Waals surface area (Å²) in [6, 6.07) is 5.35. The molecule has 4 atom stereocenters. The lowest BCUT2D eigenvalue weighted by atomic mass is 9.71. The molecule has 1 unspecified atom stereocenters. The standard InChI is InChI=1S/C23H28BFN6O4/c1-24(32)31-16-4-3-5-19(31)22(25)21(11-16)35-23-27-12-18(28-29-23)17-7-6-15(30-9-8-26-13-30)10-20(17)34-14-33-2/h6-10,12-13,16,19,21-22,32H,3-5,11,14H2,1-2H3/t16-,19?,21-,22+/m0/s1. The molecule has 12 heteroatoms. The zero-order valence-electron chi connectivity index (χ0n) is 19.7. The molecular weight excluding hydrogens is 454 g/mol. The van der Waals surface area contributed by atoms with E-state index in [1.807, 2.05) is 33.8 Å². The molecule has 5 rings (SSSR count). The Morgan fingerprint density at radius 1 is 1.26 bits per heavy atom. The molecule has 2 aliphatic heterocycles. The van der Waals surface area contributed by atoms with Crippen molar-refractivity contribution in [2.45, 2.75) is 56.9 Å². The van der Waals surface area contributed by atoms with Gasteiger partial charge in [-0.1, -0.05) is 11.5 Å². The highest BCUT2D eigenvalue weighted by Gasteiger charge is 2.48. The van der Waals surface area contributed by atoms with Crippen LogP contribution in [0.3, 0.4) is 0 Å². The molecule has 4 heterocycles. The number of hydrogen-bond donors (Lipinski definition) is 1. The molecule has 184 valence electrons. The van der Waals surface area contributed by atoms with Gasteiger partial charge in [0.1, 0.15) is 17.5 Å². The first-order chi connectivity index (χ1) is 17.0. The summed E-state index contributed by atoms with van der Waals surface area (Å²) in [4.78, 5) is 10.3. The van der Waals surface area contributed by atoms with Gasteiger partial charge >= 0.3 is 13.1 Å². The molecule has 0 saturated carbocycles. The molecule has 0 radical (unpaired) electrons. The number of halogens is 1. The summed E-state index contributed by atoms with van der Waals surface area (Å²) in [6.45, 7) is 1.76. The number of benzene rings is 1. The van der Waals surface area contributed by atoms with E-state index in [-0.39, 0.29) is 24.9 Å². The second-order valence-corrected chi connectivity index (χ2v) is 8.89. The van der Waals surface area contributed by atoms with Gasteiger partial charge < -0.3 is 28.6 Å². The van der Waals surface area contributed by atoms with Crippen molar-refractivity contribution in [3.63, 3.8) is 0 Å². The minimum atomic E-state index is -1.24. The van der Waals surface area contributed by atoms with Crippen LogP contribution in [0, 0.1) is 0 Å². The third kappa shape index (κ3) is 4.86. The Bertz CT molecular complexity index is 1120. The highest BCUT2D eigenvalue weighted by Crippen LogP contribution is 2.37. The van der Waals surface area contributed by atoms with Gasteiger partial charge in [-0.25, -0.2) is 14.4 Å². The van der Waals surface area contributed by atoms with Crippen LogP contribution < -0.4 is 9.47 Å². The SMILES string of the molecule is COCOc1cc(-n2ccnc2)ccc1-c1cnc(O[C@H]2C[C@@H]3CCCC([C@H]2F)N3B(C)O)nn1. The molecule has 2 aromatic heterocycles. The summed E-state index contributed by atoms with van der Waals surface area (Å²) in [6.07, 6.45) is 7.86. The van der Waals surface area contributed by atoms with Crippen LogP contribution in [0.4, 0.5) is 4.39 Å². The van der Waals surface area contributed by atoms with Gasteiger partial charge in [0.05, 0.1) is 18.2 Å². The number of fused-ring (bicyclic) bond motifs is 2. The smallest absolute Gasteiger partial charge is 0.376 e. The van der Waals surface area contributed by atoms with Gasteiger partial charge in [-0.05, 0) is 31.8 Å². The second kappa shape index (κ2) is 10.3. The number of ether oxygens (including phenoxy) is 3. The van der Waals surface area contributed by atoms with Crippen LogP contribution in [-0.4, -0.2) is 79.9 Å². The molecule has 2 fully saturated rings. The Morgan fingerprint density at radius 2 is 2.14 bits per heavy atom. The van der Waals surface area contributed by atoms with Crippen molar-refractivity contribution < 1.29 is 23.6 Å². The number of piperidine rings is 2. The monoisotopic (exact) mass is 482 g/mol. The molecule has 35 heavy (non-hydrogen) atoms. The fraction of sp³-hybridized carbons (Fsp3) is 0.478. The second-order valence-electron chi connectivity index (χ2n) is 8.89. The number of nitrogens with zero attached hydrogens (tertiary/aromatic N) is 6. The lowest BCUT2D eigenvalue weighted by Gasteiger charge is -2.50. The summed E-state index contributed by atoms with van der Waals surface area (Å²) >= 11 is 0. The van der Waals surface area contributed by atoms with Gasteiger partial charge in [-0.2, -0.15) is 0 Å². The van der Waals surface area contributed by atoms with Gasteiger partial charge in [0.25, 0.3) is 0 Å². The molecule has 0 amide bonds. The summed E-state index contributed by atoms with van der Waals surface area (Å²) in [5.41, 5.74) is 2.03. The maximum atomic E-state index is 15.3. The van der Waals surface area contributed by atoms with Gasteiger partial charge in [-0.3, -0.25) is 0 Å². The highest BCUT2D eigenvalue weighted by molar-refractivity contribution is 6.45. The average Bonchev–Trinajstić information content (AvgIpc) is 3.41. The Balaban J connectivity index is 1.34. The summed E-state index contributed by atoms with van der Waals surface area (Å²) in [5, 5.41) is 18.5. The van der Waals surface area contributed by atoms with E-state index in [2.05, 4.69) is 20.2 Å². The number of alkyl halides is 1. The molecule has 0 spiro atoms. The fourth-order valence-corrected chi connectivity index (χ4v) is 5.15. The predicted molar refractivity (Wildman–Crippen MR) is 126 cm³/mol. The van der Waals surface area contributed by atoms with E-state index in [0.717, 1.165) is 18.5 Å². The van der Waals surface area contributed by atoms with Crippen LogP contribution in [-0.2, 0) is 4.74 Å². The fourth-order valence-electron chi connectivity index (χ4n) is 5.15. The molecule has 2 saturated heterocycles. The zero-order valence-corrected chi connectivity index (χ0v) is 19.7. The van der Waals surface area contributed by atoms with E-state index in [0.29, 0.717) is 29.8 Å². The largest absolute Gasteiger partial charge is 0.467 e. The van der Waals surface area contributed by atoms with Crippen molar-refractivity contribution in [2.24, 2.45) is 0 Å². The summed E-state index contributed by atoms with van der Waals surface area (Å²) in [5.74, 6) is 0.546. The Morgan fingerprint density at radius 3 is 2.86 bits per heavy atom. The van der Waals surface area contributed by atoms with Gasteiger partial charge in [0.15, 0.2) is 13.0 Å². The van der Waals surface area contributed by atoms with Gasteiger partial charge in [-0.15, -0.1) is 5.10 Å². The van der Waals surface area contributed by atoms with Crippen LogP contribution in [0.1, 0.15) is 25.7 Å². The van der Waals surface area contributed by atoms with Gasteiger partial charge in [0, 0.05) is 49.6 Å². The van der Waals surface area contributed by atoms with Crippen LogP contribution in [0.15, 0.2) is 43.1 Å². The molecule has 2 aliphatic rings. The third-order valence-corrected chi connectivity index (χ3v) is 6.67. The Hall–Kier alpha value is -3.09. The number of rotatable bonds is 8. The van der Waals surface area contributed by atoms with Crippen molar-refractivity contribution in [1.29, 1.82) is 0 Å². The van der Waals surface area contributed by atoms with Crippen LogP contribution in [0.5, 0.6) is 11.8 Å². The molecule has 1 N–H and O–H groups in total. The zero-order chi connectivity index (χ0) is 24.4. The van der Waals surface area contributed by atoms with Crippen molar-refractivity contribution >= 4 is 7.05 Å². The van der Waals surface area contributed by atoms with Crippen molar-refractivity contribution in [1.82, 2.24) is 29.5 Å². The topological polar surface area (TPSA) is 108 Å². The first-order valence-electron chi connectivity index (χ1n) is 11.8. The van der Waals surface area contributed by atoms with E-state index in [1.54, 1.807) is 26.5 Å². The summed E-state index contributed by atoms with van der Waals surface area (Å²) in [7, 11) is 0.863. The van der Waals surface area contributed by atoms with E-state index < -0.39 is 19.3 Å². The highest BCUT2D eigenvalue weighted by atomic mass is 19.1. The van der Waals surface area contributed by atoms with Crippen molar-refractivity contribution in [3.05, 3.63) is 43.1 Å². The number of aromatic nitrogens is 5. The minimum Gasteiger partial charge on any atom is -0.467 e. The molecule has 3 aromatic rings. The molecule has 0 aliphatic carbocycles. The average molecular weight is 482 g/mol. The van der Waals surface area contributed by atoms with Crippen LogP contribution >= 0.6 is 0 Å². The van der Waals surface area contributed by atoms with E-state index in [9.17, 15) is 5.02 Å². The van der Waals surface area contributed by atoms with Crippen LogP contribution in [0.2, 0.25) is 6.82 Å². The van der Waals surface area contributed by atoms with E-state index >= 15 is 4.39 Å². The van der Waals surface area contributed by atoms with Crippen molar-refractivity contribution in [2.75, 3.05) is 13.9 Å². The lowest BCUT2D eigenvalue weighted by molar-refractivity contribution is -0.0470. The number of hydrogen-bond acceptors (Lipinski definition) is 9. The maximum Gasteiger partial charge on any atom is 0.376 e. The molecule has 2 bridgehead atoms. The Labute approximate surface area is 203 Å². The van der Waals surface area contributed by atoms with E-state index in [4.69, 9.17) is 14.2 Å². The number of methoxy groups -OCH3 is 1. The quantitative estimate of drug-likeness (QED) is 0.383. The summed E-state index contributed by atoms with van der Waals surface area (Å²) < 4.78 is 33.8. The van der Waals surface area contributed by atoms with E-state index in [1.165, 1.54) is 6.20 Å². The molecular formula is C23H28BFN6O4. The predicted octanol–water partition coefficient (Wildman–Crippen LogP) is 2.53. The number of imidazole rings is 1. The third-order valence-electron chi connectivity index (χ3n) is 6.67. The first kappa shape index (κ1) is 23.6. The van der Waals surface area contributed by atoms with Gasteiger partial charge in [0.2, 0.25) is 0 Å². The minimum absolute atomic E-state index is 0.0272. The maximum absolute atomic E-state index is 15.3. The van der Waals surface area contributed by atoms with Crippen molar-refractivity contribution in [3.8, 4) is 28.7 Å². The Kier molecular flexibility index (Phi) is 6.94. The van der Waals surface area contributed by atoms with Crippen LogP contribution in [0.25, 0.3) is 16.9 Å². The first-order valence-corrected chi connectivity index (χ1v) is 11.8.